The molecular weight excluding hydrogens is 298 g/mol. The van der Waals surface area contributed by atoms with Crippen LogP contribution >= 0.6 is 0 Å². The number of nitrogens with one attached hydrogen (secondary N) is 2. The normalized spacial score (nSPS) is 12.2. The Balaban J connectivity index is 1.95. The van der Waals surface area contributed by atoms with Crippen LogP contribution in [0.4, 0.5) is 5.95 Å². The minimum Gasteiger partial charge on any atom is -0.480 e. The number of H-pyrrole nitrogens is 1. The third-order valence-corrected chi connectivity index (χ3v) is 3.40. The van der Waals surface area contributed by atoms with Crippen molar-refractivity contribution < 1.29 is 9.90 Å². The zero-order valence-corrected chi connectivity index (χ0v) is 12.4. The van der Waals surface area contributed by atoms with E-state index in [1.54, 1.807) is 10.9 Å². The highest BCUT2D eigenvalue weighted by Crippen LogP contribution is 2.11. The molecule has 1 atom stereocenters. The van der Waals surface area contributed by atoms with Gasteiger partial charge in [0.25, 0.3) is 5.56 Å². The van der Waals surface area contributed by atoms with Crippen molar-refractivity contribution in [1.82, 2.24) is 19.5 Å². The first-order valence-electron chi connectivity index (χ1n) is 7.03. The Morgan fingerprint density at radius 1 is 1.39 bits per heavy atom. The minimum atomic E-state index is -1.04. The summed E-state index contributed by atoms with van der Waals surface area (Å²) in [6, 6.07) is 8.81. The molecule has 0 unspecified atom stereocenters. The number of anilines is 1. The van der Waals surface area contributed by atoms with Gasteiger partial charge in [-0.2, -0.15) is 4.98 Å². The lowest BCUT2D eigenvalue weighted by Crippen LogP contribution is -2.28. The van der Waals surface area contributed by atoms with E-state index < -0.39 is 12.0 Å². The summed E-state index contributed by atoms with van der Waals surface area (Å²) >= 11 is 0. The van der Waals surface area contributed by atoms with Gasteiger partial charge in [0, 0.05) is 6.54 Å². The molecule has 0 aliphatic carbocycles. The van der Waals surface area contributed by atoms with Gasteiger partial charge in [-0.05, 0) is 12.5 Å². The van der Waals surface area contributed by atoms with Gasteiger partial charge in [-0.25, -0.2) is 4.98 Å². The summed E-state index contributed by atoms with van der Waals surface area (Å²) in [5.41, 5.74) is 1.28. The van der Waals surface area contributed by atoms with Crippen molar-refractivity contribution in [1.29, 1.82) is 0 Å². The molecule has 2 heterocycles. The van der Waals surface area contributed by atoms with Crippen LogP contribution in [0.15, 0.2) is 41.5 Å². The maximum Gasteiger partial charge on any atom is 0.325 e. The molecule has 8 heteroatoms. The molecule has 0 amide bonds. The molecule has 118 valence electrons. The molecule has 0 aliphatic rings. The van der Waals surface area contributed by atoms with Crippen LogP contribution in [0.3, 0.4) is 0 Å². The number of imidazole rings is 1. The number of rotatable bonds is 5. The van der Waals surface area contributed by atoms with E-state index >= 15 is 0 Å². The van der Waals surface area contributed by atoms with Crippen LogP contribution < -0.4 is 10.9 Å². The predicted octanol–water partition coefficient (Wildman–Crippen LogP) is 1.05. The molecule has 1 aromatic carbocycles. The van der Waals surface area contributed by atoms with E-state index in [-0.39, 0.29) is 17.2 Å². The summed E-state index contributed by atoms with van der Waals surface area (Å²) in [5, 5.41) is 11.5. The lowest BCUT2D eigenvalue weighted by molar-refractivity contribution is -0.137. The van der Waals surface area contributed by atoms with Crippen molar-refractivity contribution in [3.8, 4) is 0 Å². The molecule has 0 bridgehead atoms. The van der Waals surface area contributed by atoms with Crippen LogP contribution in [0.5, 0.6) is 0 Å². The van der Waals surface area contributed by atoms with Gasteiger partial charge in [0.05, 0.1) is 6.33 Å². The number of carboxylic acids is 1. The molecular formula is C15H15N5O3. The Morgan fingerprint density at radius 3 is 2.83 bits per heavy atom. The van der Waals surface area contributed by atoms with E-state index in [4.69, 9.17) is 5.11 Å². The van der Waals surface area contributed by atoms with Gasteiger partial charge in [-0.3, -0.25) is 14.6 Å². The third kappa shape index (κ3) is 3.05. The number of aromatic nitrogens is 4. The summed E-state index contributed by atoms with van der Waals surface area (Å²) in [5.74, 6) is -0.954. The molecule has 3 N–H and O–H groups in total. The minimum absolute atomic E-state index is 0.0855. The second-order valence-electron chi connectivity index (χ2n) is 5.15. The van der Waals surface area contributed by atoms with E-state index in [9.17, 15) is 9.59 Å². The quantitative estimate of drug-likeness (QED) is 0.649. The van der Waals surface area contributed by atoms with Gasteiger partial charge in [0.1, 0.15) is 6.04 Å². The van der Waals surface area contributed by atoms with Gasteiger partial charge < -0.3 is 15.0 Å². The Hall–Kier alpha value is -3.16. The van der Waals surface area contributed by atoms with Crippen LogP contribution in [0, 0.1) is 0 Å². The summed E-state index contributed by atoms with van der Waals surface area (Å²) in [7, 11) is 0. The van der Waals surface area contributed by atoms with Crippen molar-refractivity contribution in [2.24, 2.45) is 0 Å². The Kier molecular flexibility index (Phi) is 3.80. The standard InChI is InChI=1S/C15H15N5O3/c1-9(14(22)23)17-15-18-12-11(13(21)19-15)20(8-16-12)7-10-5-3-2-4-6-10/h2-6,8-9H,7H2,1H3,(H,22,23)(H2,17,18,19,21)/t9-/m0/s1. The smallest absolute Gasteiger partial charge is 0.325 e. The van der Waals surface area contributed by atoms with Gasteiger partial charge in [-0.1, -0.05) is 30.3 Å². The van der Waals surface area contributed by atoms with Crippen molar-refractivity contribution in [3.05, 3.63) is 52.6 Å². The molecule has 8 nitrogen and oxygen atoms in total. The Morgan fingerprint density at radius 2 is 2.13 bits per heavy atom. The second-order valence-corrected chi connectivity index (χ2v) is 5.15. The van der Waals surface area contributed by atoms with Gasteiger partial charge in [0.15, 0.2) is 11.2 Å². The SMILES string of the molecule is C[C@H](Nc1nc2ncn(Cc3ccccc3)c2c(=O)[nH]1)C(=O)O. The molecule has 2 aromatic heterocycles. The molecule has 3 rings (SSSR count). The lowest BCUT2D eigenvalue weighted by atomic mass is 10.2. The summed E-state index contributed by atoms with van der Waals surface area (Å²) in [6.07, 6.45) is 1.55. The first-order chi connectivity index (χ1) is 11.0. The fourth-order valence-electron chi connectivity index (χ4n) is 2.22. The van der Waals surface area contributed by atoms with E-state index in [0.29, 0.717) is 12.1 Å². The van der Waals surface area contributed by atoms with Crippen molar-refractivity contribution in [3.63, 3.8) is 0 Å². The fraction of sp³-hybridized carbons (Fsp3) is 0.200. The molecule has 3 aromatic rings. The van der Waals surface area contributed by atoms with Crippen LogP contribution in [-0.4, -0.2) is 36.6 Å². The monoisotopic (exact) mass is 313 g/mol. The molecule has 0 aliphatic heterocycles. The van der Waals surface area contributed by atoms with E-state index in [1.165, 1.54) is 6.92 Å². The first kappa shape index (κ1) is 14.8. The van der Waals surface area contributed by atoms with Crippen molar-refractivity contribution in [2.75, 3.05) is 5.32 Å². The molecule has 0 spiro atoms. The van der Waals surface area contributed by atoms with Crippen molar-refractivity contribution >= 4 is 23.1 Å². The maximum absolute atomic E-state index is 12.3. The molecule has 0 fully saturated rings. The van der Waals surface area contributed by atoms with Crippen LogP contribution in [0.1, 0.15) is 12.5 Å². The molecule has 0 saturated heterocycles. The van der Waals surface area contributed by atoms with E-state index in [2.05, 4.69) is 20.3 Å². The number of hydrogen-bond donors (Lipinski definition) is 3. The highest BCUT2D eigenvalue weighted by molar-refractivity contribution is 5.77. The van der Waals surface area contributed by atoms with Crippen molar-refractivity contribution in [2.45, 2.75) is 19.5 Å². The van der Waals surface area contributed by atoms with E-state index in [0.717, 1.165) is 5.56 Å². The Labute approximate surface area is 130 Å². The molecule has 0 saturated carbocycles. The number of nitrogens with zero attached hydrogens (tertiary/aromatic N) is 3. The predicted molar refractivity (Wildman–Crippen MR) is 84.4 cm³/mol. The topological polar surface area (TPSA) is 113 Å². The number of carboxylic acid groups (broad SMARTS) is 1. The number of carbonyl (C=O) groups is 1. The number of fused-ring (bicyclic) bond motifs is 1. The number of hydrogen-bond acceptors (Lipinski definition) is 5. The second kappa shape index (κ2) is 5.91. The molecule has 0 radical (unpaired) electrons. The average molecular weight is 313 g/mol. The number of aromatic amines is 1. The highest BCUT2D eigenvalue weighted by atomic mass is 16.4. The summed E-state index contributed by atoms with van der Waals surface area (Å²) in [4.78, 5) is 34.0. The highest BCUT2D eigenvalue weighted by Gasteiger charge is 2.15. The fourth-order valence-corrected chi connectivity index (χ4v) is 2.22. The number of aliphatic carboxylic acids is 1. The molecule has 23 heavy (non-hydrogen) atoms. The summed E-state index contributed by atoms with van der Waals surface area (Å²) < 4.78 is 1.71. The maximum atomic E-state index is 12.3. The van der Waals surface area contributed by atoms with Gasteiger partial charge >= 0.3 is 5.97 Å². The Bertz CT molecular complexity index is 900. The van der Waals surface area contributed by atoms with Crippen LogP contribution in [0.25, 0.3) is 11.2 Å². The summed E-state index contributed by atoms with van der Waals surface area (Å²) in [6.45, 7) is 1.96. The lowest BCUT2D eigenvalue weighted by Gasteiger charge is -2.09. The third-order valence-electron chi connectivity index (χ3n) is 3.40. The first-order valence-corrected chi connectivity index (χ1v) is 7.03. The van der Waals surface area contributed by atoms with Crippen LogP contribution in [-0.2, 0) is 11.3 Å². The zero-order valence-electron chi connectivity index (χ0n) is 12.4. The van der Waals surface area contributed by atoms with E-state index in [1.807, 2.05) is 30.3 Å². The largest absolute Gasteiger partial charge is 0.480 e. The zero-order chi connectivity index (χ0) is 16.4. The van der Waals surface area contributed by atoms with Gasteiger partial charge in [0.2, 0.25) is 5.95 Å². The van der Waals surface area contributed by atoms with Crippen LogP contribution in [0.2, 0.25) is 0 Å². The average Bonchev–Trinajstić information content (AvgIpc) is 2.91. The number of benzene rings is 1. The van der Waals surface area contributed by atoms with Gasteiger partial charge in [-0.15, -0.1) is 0 Å².